The summed E-state index contributed by atoms with van der Waals surface area (Å²) in [7, 11) is 3.18. The maximum absolute atomic E-state index is 11.5. The lowest BCUT2D eigenvalue weighted by molar-refractivity contribution is 0.0697. The highest BCUT2D eigenvalue weighted by atomic mass is 35.5. The van der Waals surface area contributed by atoms with Gasteiger partial charge in [0, 0.05) is 17.8 Å². The molecule has 1 saturated heterocycles. The maximum atomic E-state index is 11.5. The number of ether oxygens (including phenoxy) is 2. The van der Waals surface area contributed by atoms with Crippen LogP contribution in [-0.2, 0) is 0 Å². The largest absolute Gasteiger partial charge is 0.497 e. The summed E-state index contributed by atoms with van der Waals surface area (Å²) in [5.74, 6) is 1.18. The predicted octanol–water partition coefficient (Wildman–Crippen LogP) is 5.89. The average Bonchev–Trinajstić information content (AvgIpc) is 3.53. The van der Waals surface area contributed by atoms with E-state index < -0.39 is 12.0 Å². The summed E-state index contributed by atoms with van der Waals surface area (Å²) in [5.41, 5.74) is 2.03. The minimum atomic E-state index is -1.05. The van der Waals surface area contributed by atoms with Gasteiger partial charge in [-0.1, -0.05) is 17.7 Å². The Balaban J connectivity index is 1.65. The average molecular weight is 536 g/mol. The van der Waals surface area contributed by atoms with Crippen molar-refractivity contribution < 1.29 is 23.8 Å². The van der Waals surface area contributed by atoms with Gasteiger partial charge in [0.25, 0.3) is 0 Å². The number of hydrogen-bond acceptors (Lipinski definition) is 6. The lowest BCUT2D eigenvalue weighted by atomic mass is 10.0. The van der Waals surface area contributed by atoms with Crippen molar-refractivity contribution >= 4 is 40.6 Å². The van der Waals surface area contributed by atoms with E-state index in [-0.39, 0.29) is 11.6 Å². The molecule has 0 spiro atoms. The first-order valence-electron chi connectivity index (χ1n) is 11.3. The topological polar surface area (TPSA) is 97.1 Å². The Morgan fingerprint density at radius 2 is 1.95 bits per heavy atom. The molecule has 2 N–H and O–H groups in total. The molecule has 4 aromatic rings. The Bertz CT molecular complexity index is 1480. The Kier molecular flexibility index (Phi) is 6.73. The molecule has 2 atom stereocenters. The Morgan fingerprint density at radius 1 is 1.11 bits per heavy atom. The third-order valence-electron chi connectivity index (χ3n) is 6.14. The van der Waals surface area contributed by atoms with Crippen LogP contribution in [0.25, 0.3) is 11.3 Å². The molecule has 0 amide bonds. The van der Waals surface area contributed by atoms with Gasteiger partial charge in [-0.15, -0.1) is 0 Å². The minimum absolute atomic E-state index is 0.107. The molecule has 2 aromatic heterocycles. The number of benzene rings is 2. The molecule has 37 heavy (non-hydrogen) atoms. The number of anilines is 1. The monoisotopic (exact) mass is 535 g/mol. The number of thiocarbonyl (C=S) groups is 1. The number of aromatic nitrogens is 1. The van der Waals surface area contributed by atoms with E-state index in [1.54, 1.807) is 32.5 Å². The minimum Gasteiger partial charge on any atom is -0.497 e. The van der Waals surface area contributed by atoms with E-state index in [4.69, 9.17) is 37.7 Å². The van der Waals surface area contributed by atoms with Crippen LogP contribution < -0.4 is 19.7 Å². The lowest BCUT2D eigenvalue weighted by Gasteiger charge is -2.27. The maximum Gasteiger partial charge on any atom is 0.335 e. The van der Waals surface area contributed by atoms with Gasteiger partial charge in [-0.3, -0.25) is 4.98 Å². The molecule has 10 heteroatoms. The number of carbonyl (C=O) groups is 1. The zero-order chi connectivity index (χ0) is 26.1. The normalized spacial score (nSPS) is 16.9. The van der Waals surface area contributed by atoms with Crippen LogP contribution in [0.15, 0.2) is 77.3 Å². The quantitative estimate of drug-likeness (QED) is 0.281. The summed E-state index contributed by atoms with van der Waals surface area (Å²) in [5, 5.41) is 13.6. The number of hydrogen-bond donors (Lipinski definition) is 2. The van der Waals surface area contributed by atoms with Gasteiger partial charge < -0.3 is 29.2 Å². The lowest BCUT2D eigenvalue weighted by Crippen LogP contribution is -2.29. The fourth-order valence-corrected chi connectivity index (χ4v) is 4.94. The molecule has 2 aromatic carbocycles. The molecular weight excluding hydrogens is 514 g/mol. The molecule has 1 fully saturated rings. The van der Waals surface area contributed by atoms with Gasteiger partial charge in [0.15, 0.2) is 5.11 Å². The molecule has 1 aliphatic heterocycles. The van der Waals surface area contributed by atoms with Crippen LogP contribution in [0, 0.1) is 0 Å². The number of nitrogens with one attached hydrogen (secondary N) is 1. The predicted molar refractivity (Wildman–Crippen MR) is 144 cm³/mol. The van der Waals surface area contributed by atoms with Crippen molar-refractivity contribution in [1.82, 2.24) is 10.3 Å². The zero-order valence-corrected chi connectivity index (χ0v) is 21.4. The molecule has 3 heterocycles. The fraction of sp³-hybridized carbons (Fsp3) is 0.148. The van der Waals surface area contributed by atoms with E-state index >= 15 is 0 Å². The number of pyridine rings is 1. The van der Waals surface area contributed by atoms with Crippen LogP contribution in [-0.4, -0.2) is 35.4 Å². The van der Waals surface area contributed by atoms with E-state index in [0.717, 1.165) is 5.69 Å². The second-order valence-corrected chi connectivity index (χ2v) is 9.03. The fourth-order valence-electron chi connectivity index (χ4n) is 4.39. The van der Waals surface area contributed by atoms with E-state index in [0.29, 0.717) is 44.4 Å². The highest BCUT2D eigenvalue weighted by molar-refractivity contribution is 7.80. The van der Waals surface area contributed by atoms with E-state index in [1.807, 2.05) is 47.4 Å². The third-order valence-corrected chi connectivity index (χ3v) is 6.78. The van der Waals surface area contributed by atoms with Crippen molar-refractivity contribution in [3.63, 3.8) is 0 Å². The van der Waals surface area contributed by atoms with Crippen LogP contribution in [0.4, 0.5) is 5.69 Å². The molecule has 0 unspecified atom stereocenters. The smallest absolute Gasteiger partial charge is 0.335 e. The van der Waals surface area contributed by atoms with Crippen LogP contribution in [0.5, 0.6) is 11.5 Å². The van der Waals surface area contributed by atoms with Gasteiger partial charge in [-0.2, -0.15) is 0 Å². The van der Waals surface area contributed by atoms with Crippen molar-refractivity contribution in [3.05, 3.63) is 95.0 Å². The van der Waals surface area contributed by atoms with Crippen molar-refractivity contribution in [1.29, 1.82) is 0 Å². The zero-order valence-electron chi connectivity index (χ0n) is 19.8. The summed E-state index contributed by atoms with van der Waals surface area (Å²) in [6, 6.07) is 18.4. The van der Waals surface area contributed by atoms with Crippen molar-refractivity contribution in [2.24, 2.45) is 0 Å². The first-order chi connectivity index (χ1) is 17.9. The van der Waals surface area contributed by atoms with Crippen LogP contribution in [0.1, 0.15) is 33.9 Å². The molecule has 1 aliphatic rings. The number of rotatable bonds is 7. The highest BCUT2D eigenvalue weighted by Crippen LogP contribution is 2.46. The Morgan fingerprint density at radius 3 is 2.65 bits per heavy atom. The summed E-state index contributed by atoms with van der Waals surface area (Å²) in [6.45, 7) is 0. The van der Waals surface area contributed by atoms with Crippen molar-refractivity contribution in [2.45, 2.75) is 12.1 Å². The number of nitrogens with zero attached hydrogens (tertiary/aromatic N) is 2. The van der Waals surface area contributed by atoms with Crippen molar-refractivity contribution in [2.75, 3.05) is 19.1 Å². The van der Waals surface area contributed by atoms with Gasteiger partial charge >= 0.3 is 5.97 Å². The van der Waals surface area contributed by atoms with E-state index in [2.05, 4.69) is 10.3 Å². The second kappa shape index (κ2) is 10.1. The molecule has 188 valence electrons. The molecule has 0 aliphatic carbocycles. The molecule has 0 saturated carbocycles. The van der Waals surface area contributed by atoms with Crippen molar-refractivity contribution in [3.8, 4) is 22.8 Å². The number of halogens is 1. The number of carboxylic acid groups (broad SMARTS) is 1. The molecule has 8 nitrogen and oxygen atoms in total. The van der Waals surface area contributed by atoms with Gasteiger partial charge in [-0.25, -0.2) is 4.79 Å². The number of furan rings is 1. The first-order valence-corrected chi connectivity index (χ1v) is 12.1. The summed E-state index contributed by atoms with van der Waals surface area (Å²) in [6.07, 6.45) is 1.72. The summed E-state index contributed by atoms with van der Waals surface area (Å²) >= 11 is 12.2. The van der Waals surface area contributed by atoms with Gasteiger partial charge in [-0.05, 0) is 66.8 Å². The van der Waals surface area contributed by atoms with Crippen LogP contribution >= 0.6 is 23.8 Å². The molecule has 0 radical (unpaired) electrons. The van der Waals surface area contributed by atoms with Crippen LogP contribution in [0.2, 0.25) is 5.02 Å². The number of aromatic carboxylic acids is 1. The standard InChI is InChI=1S/C27H22ClN3O5S/c1-34-16-7-9-22(35-2)20(14-16)31-25(24(30-27(31)37)19-5-3-4-12-29-19)23-11-10-21(36-23)17-13-15(26(32)33)6-8-18(17)28/h3-14,24-25H,1-2H3,(H,30,37)(H,32,33)/t24-,25-/m1/s1. The second-order valence-electron chi connectivity index (χ2n) is 8.24. The van der Waals surface area contributed by atoms with Crippen LogP contribution in [0.3, 0.4) is 0 Å². The molecule has 0 bridgehead atoms. The molecule has 5 rings (SSSR count). The van der Waals surface area contributed by atoms with E-state index in [9.17, 15) is 9.90 Å². The Labute approximate surface area is 223 Å². The highest BCUT2D eigenvalue weighted by Gasteiger charge is 2.43. The number of methoxy groups -OCH3 is 2. The van der Waals surface area contributed by atoms with Gasteiger partial charge in [0.05, 0.1) is 42.2 Å². The first kappa shape index (κ1) is 24.6. The number of carboxylic acids is 1. The van der Waals surface area contributed by atoms with E-state index in [1.165, 1.54) is 12.1 Å². The molecular formula is C27H22ClN3O5S. The Hall–Kier alpha value is -4.08. The third kappa shape index (κ3) is 4.59. The van der Waals surface area contributed by atoms with Gasteiger partial charge in [0.1, 0.15) is 29.1 Å². The van der Waals surface area contributed by atoms with Gasteiger partial charge in [0.2, 0.25) is 0 Å². The summed E-state index contributed by atoms with van der Waals surface area (Å²) in [4.78, 5) is 18.0. The summed E-state index contributed by atoms with van der Waals surface area (Å²) < 4.78 is 17.4. The SMILES string of the molecule is COc1ccc(OC)c(N2C(=S)N[C@H](c3ccccn3)[C@H]2c2ccc(-c3cc(C(=O)O)ccc3Cl)o2)c1.